The van der Waals surface area contributed by atoms with Crippen molar-refractivity contribution in [3.63, 3.8) is 0 Å². The van der Waals surface area contributed by atoms with E-state index < -0.39 is 18.1 Å². The summed E-state index contributed by atoms with van der Waals surface area (Å²) in [4.78, 5) is 16.9. The number of nitrogens with one attached hydrogen (secondary N) is 1. The maximum atomic E-state index is 12.9. The summed E-state index contributed by atoms with van der Waals surface area (Å²) in [6.07, 6.45) is -1.33. The molecule has 4 nitrogen and oxygen atoms in total. The van der Waals surface area contributed by atoms with Gasteiger partial charge >= 0.3 is 6.18 Å². The van der Waals surface area contributed by atoms with Gasteiger partial charge in [-0.1, -0.05) is 6.42 Å². The number of aromatic nitrogens is 2. The fraction of sp³-hybridized carbons (Fsp3) is 0.529. The van der Waals surface area contributed by atoms with Crippen LogP contribution in [0.15, 0.2) is 17.6 Å². The van der Waals surface area contributed by atoms with Gasteiger partial charge in [-0.3, -0.25) is 9.36 Å². The first-order chi connectivity index (χ1) is 11.8. The number of nitrogens with zero attached hydrogens (tertiary/aromatic N) is 2. The van der Waals surface area contributed by atoms with Crippen molar-refractivity contribution in [1.29, 1.82) is 0 Å². The monoisotopic (exact) mass is 371 g/mol. The van der Waals surface area contributed by atoms with Gasteiger partial charge in [-0.25, -0.2) is 4.98 Å². The Morgan fingerprint density at radius 3 is 2.76 bits per heavy atom. The molecule has 136 valence electrons. The minimum Gasteiger partial charge on any atom is -0.349 e. The Kier molecular flexibility index (Phi) is 4.90. The molecule has 1 saturated carbocycles. The zero-order chi connectivity index (χ0) is 18.2. The van der Waals surface area contributed by atoms with Crippen molar-refractivity contribution in [2.45, 2.75) is 51.7 Å². The SMILES string of the molecule is Cc1cc(C(=O)N[C@H]2CCC[C@H](C(F)(F)F)C2)c(C)n1-c1nccs1. The second kappa shape index (κ2) is 6.82. The first-order valence-corrected chi connectivity index (χ1v) is 9.11. The smallest absolute Gasteiger partial charge is 0.349 e. The Bertz CT molecular complexity index is 752. The van der Waals surface area contributed by atoms with Gasteiger partial charge in [0.15, 0.2) is 5.13 Å². The number of aryl methyl sites for hydroxylation is 1. The van der Waals surface area contributed by atoms with Crippen LogP contribution >= 0.6 is 11.3 Å². The Hall–Kier alpha value is -1.83. The summed E-state index contributed by atoms with van der Waals surface area (Å²) in [5.74, 6) is -1.64. The van der Waals surface area contributed by atoms with Crippen LogP contribution in [0.4, 0.5) is 13.2 Å². The van der Waals surface area contributed by atoms with Crippen molar-refractivity contribution >= 4 is 17.2 Å². The summed E-state index contributed by atoms with van der Waals surface area (Å²) >= 11 is 1.46. The highest BCUT2D eigenvalue weighted by Gasteiger charge is 2.42. The summed E-state index contributed by atoms with van der Waals surface area (Å²) in [6.45, 7) is 3.70. The molecule has 25 heavy (non-hydrogen) atoms. The zero-order valence-electron chi connectivity index (χ0n) is 14.1. The van der Waals surface area contributed by atoms with Crippen molar-refractivity contribution in [1.82, 2.24) is 14.9 Å². The normalized spacial score (nSPS) is 21.3. The van der Waals surface area contributed by atoms with Crippen molar-refractivity contribution in [3.05, 3.63) is 34.6 Å². The molecule has 1 aliphatic rings. The minimum absolute atomic E-state index is 0.0412. The predicted octanol–water partition coefficient (Wildman–Crippen LogP) is 4.40. The Labute approximate surface area is 148 Å². The van der Waals surface area contributed by atoms with Crippen LogP contribution in [0.3, 0.4) is 0 Å². The third-order valence-electron chi connectivity index (χ3n) is 4.76. The second-order valence-corrected chi connectivity index (χ2v) is 7.38. The van der Waals surface area contributed by atoms with Crippen LogP contribution in [-0.2, 0) is 0 Å². The average molecular weight is 371 g/mol. The minimum atomic E-state index is -4.19. The topological polar surface area (TPSA) is 46.9 Å². The molecule has 2 heterocycles. The van der Waals surface area contributed by atoms with Crippen LogP contribution in [0.1, 0.15) is 47.4 Å². The van der Waals surface area contributed by atoms with Gasteiger partial charge in [0, 0.05) is 29.0 Å². The quantitative estimate of drug-likeness (QED) is 0.869. The number of carbonyl (C=O) groups excluding carboxylic acids is 1. The summed E-state index contributed by atoms with van der Waals surface area (Å²) in [6, 6.07) is 1.33. The number of hydrogen-bond donors (Lipinski definition) is 1. The van der Waals surface area contributed by atoms with Gasteiger partial charge in [0.25, 0.3) is 5.91 Å². The Balaban J connectivity index is 1.75. The fourth-order valence-corrected chi connectivity index (χ4v) is 4.25. The van der Waals surface area contributed by atoms with E-state index in [-0.39, 0.29) is 18.7 Å². The first kappa shape index (κ1) is 18.0. The number of halogens is 3. The average Bonchev–Trinajstić information content (AvgIpc) is 3.14. The molecule has 0 unspecified atom stereocenters. The molecule has 2 aromatic heterocycles. The molecule has 8 heteroatoms. The molecule has 1 fully saturated rings. The highest BCUT2D eigenvalue weighted by Crippen LogP contribution is 2.37. The lowest BCUT2D eigenvalue weighted by Crippen LogP contribution is -2.41. The highest BCUT2D eigenvalue weighted by molar-refractivity contribution is 7.12. The van der Waals surface area contributed by atoms with E-state index in [1.807, 2.05) is 23.8 Å². The molecule has 0 spiro atoms. The Morgan fingerprint density at radius 1 is 1.36 bits per heavy atom. The van der Waals surface area contributed by atoms with Crippen LogP contribution in [-0.4, -0.2) is 27.7 Å². The van der Waals surface area contributed by atoms with E-state index in [9.17, 15) is 18.0 Å². The molecule has 0 radical (unpaired) electrons. The number of alkyl halides is 3. The second-order valence-electron chi connectivity index (χ2n) is 6.51. The summed E-state index contributed by atoms with van der Waals surface area (Å²) in [7, 11) is 0. The third kappa shape index (κ3) is 3.73. The molecule has 0 bridgehead atoms. The molecule has 2 aromatic rings. The summed E-state index contributed by atoms with van der Waals surface area (Å²) in [5, 5.41) is 5.42. The number of hydrogen-bond acceptors (Lipinski definition) is 3. The molecule has 0 aliphatic heterocycles. The lowest BCUT2D eigenvalue weighted by atomic mass is 9.85. The van der Waals surface area contributed by atoms with Gasteiger partial charge in [0.2, 0.25) is 0 Å². The van der Waals surface area contributed by atoms with Crippen LogP contribution in [0.5, 0.6) is 0 Å². The van der Waals surface area contributed by atoms with Gasteiger partial charge in [0.1, 0.15) is 0 Å². The van der Waals surface area contributed by atoms with Crippen LogP contribution < -0.4 is 5.32 Å². The largest absolute Gasteiger partial charge is 0.391 e. The van der Waals surface area contributed by atoms with Crippen LogP contribution in [0.2, 0.25) is 0 Å². The van der Waals surface area contributed by atoms with E-state index in [2.05, 4.69) is 10.3 Å². The summed E-state index contributed by atoms with van der Waals surface area (Å²) in [5.41, 5.74) is 2.10. The number of amides is 1. The van der Waals surface area contributed by atoms with E-state index in [1.54, 1.807) is 12.3 Å². The van der Waals surface area contributed by atoms with E-state index in [4.69, 9.17) is 0 Å². The molecule has 3 rings (SSSR count). The lowest BCUT2D eigenvalue weighted by molar-refractivity contribution is -0.183. The third-order valence-corrected chi connectivity index (χ3v) is 5.52. The van der Waals surface area contributed by atoms with E-state index in [0.717, 1.165) is 16.5 Å². The fourth-order valence-electron chi connectivity index (χ4n) is 3.49. The molecule has 1 aliphatic carbocycles. The molecule has 2 atom stereocenters. The van der Waals surface area contributed by atoms with Gasteiger partial charge in [-0.05, 0) is 39.2 Å². The van der Waals surface area contributed by atoms with Crippen molar-refractivity contribution in [2.24, 2.45) is 5.92 Å². The molecular weight excluding hydrogens is 351 g/mol. The van der Waals surface area contributed by atoms with Gasteiger partial charge in [-0.15, -0.1) is 11.3 Å². The maximum absolute atomic E-state index is 12.9. The number of rotatable bonds is 3. The molecule has 1 N–H and O–H groups in total. The summed E-state index contributed by atoms with van der Waals surface area (Å²) < 4.78 is 40.7. The van der Waals surface area contributed by atoms with E-state index in [0.29, 0.717) is 18.4 Å². The van der Waals surface area contributed by atoms with Gasteiger partial charge in [-0.2, -0.15) is 13.2 Å². The predicted molar refractivity (Wildman–Crippen MR) is 90.2 cm³/mol. The Morgan fingerprint density at radius 2 is 2.12 bits per heavy atom. The molecule has 1 amide bonds. The zero-order valence-corrected chi connectivity index (χ0v) is 14.9. The van der Waals surface area contributed by atoms with Crippen molar-refractivity contribution < 1.29 is 18.0 Å². The van der Waals surface area contributed by atoms with Crippen LogP contribution in [0, 0.1) is 19.8 Å². The van der Waals surface area contributed by atoms with Gasteiger partial charge < -0.3 is 5.32 Å². The molecule has 0 aromatic carbocycles. The van der Waals surface area contributed by atoms with Gasteiger partial charge in [0.05, 0.1) is 11.5 Å². The molecular formula is C17H20F3N3OS. The van der Waals surface area contributed by atoms with Crippen molar-refractivity contribution in [2.75, 3.05) is 0 Å². The van der Waals surface area contributed by atoms with E-state index in [1.165, 1.54) is 11.3 Å². The highest BCUT2D eigenvalue weighted by atomic mass is 32.1. The standard InChI is InChI=1S/C17H20F3N3OS/c1-10-8-14(11(2)23(10)16-21-6-7-25-16)15(24)22-13-5-3-4-12(9-13)17(18,19)20/h6-8,12-13H,3-5,9H2,1-2H3,(H,22,24)/t12-,13-/m0/s1. The first-order valence-electron chi connectivity index (χ1n) is 8.23. The number of carbonyl (C=O) groups is 1. The van der Waals surface area contributed by atoms with Crippen LogP contribution in [0.25, 0.3) is 5.13 Å². The van der Waals surface area contributed by atoms with E-state index >= 15 is 0 Å². The molecule has 0 saturated heterocycles. The van der Waals surface area contributed by atoms with Crippen molar-refractivity contribution in [3.8, 4) is 5.13 Å². The number of thiazole rings is 1. The lowest BCUT2D eigenvalue weighted by Gasteiger charge is -2.31. The maximum Gasteiger partial charge on any atom is 0.391 e.